The Morgan fingerprint density at radius 3 is 2.33 bits per heavy atom. The van der Waals surface area contributed by atoms with E-state index in [1.165, 1.54) is 43.5 Å². The molecule has 0 aromatic heterocycles. The summed E-state index contributed by atoms with van der Waals surface area (Å²) in [4.78, 5) is 24.3. The van der Waals surface area contributed by atoms with E-state index in [1.807, 2.05) is 0 Å². The molecule has 0 saturated heterocycles. The first kappa shape index (κ1) is 21.1. The van der Waals surface area contributed by atoms with Gasteiger partial charge in [0.05, 0.1) is 23.4 Å². The molecular formula is C22H20N2O5S. The number of rotatable bonds is 7. The fraction of sp³-hybridized carbons (Fsp3) is 0.0909. The number of nitrogens with two attached hydrogens (primary N) is 1. The molecular weight excluding hydrogens is 404 g/mol. The molecule has 154 valence electrons. The van der Waals surface area contributed by atoms with Gasteiger partial charge < -0.3 is 15.8 Å². The predicted octanol–water partition coefficient (Wildman–Crippen LogP) is 3.02. The van der Waals surface area contributed by atoms with Gasteiger partial charge in [0, 0.05) is 11.1 Å². The smallest absolute Gasteiger partial charge is 0.255 e. The number of primary amides is 1. The Hall–Kier alpha value is -3.65. The molecule has 3 rings (SSSR count). The highest BCUT2D eigenvalue weighted by atomic mass is 32.2. The summed E-state index contributed by atoms with van der Waals surface area (Å²) in [6.07, 6.45) is 0. The number of nitrogens with one attached hydrogen (secondary N) is 1. The van der Waals surface area contributed by atoms with Crippen LogP contribution in [-0.2, 0) is 15.6 Å². The molecule has 0 unspecified atom stereocenters. The van der Waals surface area contributed by atoms with Crippen molar-refractivity contribution in [3.05, 3.63) is 89.5 Å². The van der Waals surface area contributed by atoms with Gasteiger partial charge in [0.1, 0.15) is 5.75 Å². The fourth-order valence-electron chi connectivity index (χ4n) is 2.89. The maximum Gasteiger partial charge on any atom is 0.255 e. The molecule has 0 aliphatic rings. The van der Waals surface area contributed by atoms with Crippen LogP contribution >= 0.6 is 0 Å². The monoisotopic (exact) mass is 424 g/mol. The lowest BCUT2D eigenvalue weighted by molar-refractivity contribution is 0.0996. The van der Waals surface area contributed by atoms with Crippen molar-refractivity contribution in [3.63, 3.8) is 0 Å². The lowest BCUT2D eigenvalue weighted by Gasteiger charge is -2.12. The maximum atomic E-state index is 12.7. The number of carbonyl (C=O) groups excluding carboxylic acids is 2. The Labute approximate surface area is 174 Å². The van der Waals surface area contributed by atoms with Crippen molar-refractivity contribution in [1.82, 2.24) is 0 Å². The van der Waals surface area contributed by atoms with Crippen molar-refractivity contribution >= 4 is 27.3 Å². The van der Waals surface area contributed by atoms with Gasteiger partial charge in [0.2, 0.25) is 5.91 Å². The first-order valence-electron chi connectivity index (χ1n) is 8.96. The second-order valence-corrected chi connectivity index (χ2v) is 8.50. The SMILES string of the molecule is COc1ccc(C(N)=O)cc1NC(=O)c1cccc(CS(=O)(=O)c2ccccc2)c1. The van der Waals surface area contributed by atoms with Crippen LogP contribution in [0, 0.1) is 0 Å². The summed E-state index contributed by atoms with van der Waals surface area (Å²) < 4.78 is 30.4. The molecule has 3 aromatic carbocycles. The molecule has 3 N–H and O–H groups in total. The third-order valence-corrected chi connectivity index (χ3v) is 6.08. The van der Waals surface area contributed by atoms with E-state index in [0.29, 0.717) is 11.3 Å². The van der Waals surface area contributed by atoms with Crippen LogP contribution in [0.3, 0.4) is 0 Å². The number of methoxy groups -OCH3 is 1. The summed E-state index contributed by atoms with van der Waals surface area (Å²) in [5, 5.41) is 2.67. The van der Waals surface area contributed by atoms with Crippen LogP contribution in [0.4, 0.5) is 5.69 Å². The number of amides is 2. The van der Waals surface area contributed by atoms with E-state index in [1.54, 1.807) is 36.4 Å². The zero-order chi connectivity index (χ0) is 21.7. The van der Waals surface area contributed by atoms with Crippen molar-refractivity contribution in [3.8, 4) is 5.75 Å². The number of benzene rings is 3. The van der Waals surface area contributed by atoms with Crippen LogP contribution in [-0.4, -0.2) is 27.3 Å². The van der Waals surface area contributed by atoms with E-state index in [9.17, 15) is 18.0 Å². The molecule has 2 amide bonds. The molecule has 0 spiro atoms. The van der Waals surface area contributed by atoms with E-state index in [-0.39, 0.29) is 27.5 Å². The van der Waals surface area contributed by atoms with Crippen LogP contribution < -0.4 is 15.8 Å². The molecule has 8 heteroatoms. The number of hydrogen-bond acceptors (Lipinski definition) is 5. The second-order valence-electron chi connectivity index (χ2n) is 6.51. The van der Waals surface area contributed by atoms with Crippen LogP contribution in [0.2, 0.25) is 0 Å². The first-order chi connectivity index (χ1) is 14.3. The van der Waals surface area contributed by atoms with Gasteiger partial charge in [-0.25, -0.2) is 8.42 Å². The van der Waals surface area contributed by atoms with Gasteiger partial charge >= 0.3 is 0 Å². The summed E-state index contributed by atoms with van der Waals surface area (Å²) in [6, 6.07) is 18.9. The van der Waals surface area contributed by atoms with Crippen LogP contribution in [0.5, 0.6) is 5.75 Å². The highest BCUT2D eigenvalue weighted by Gasteiger charge is 2.17. The molecule has 0 fully saturated rings. The first-order valence-corrected chi connectivity index (χ1v) is 10.6. The van der Waals surface area contributed by atoms with Crippen molar-refractivity contribution in [2.75, 3.05) is 12.4 Å². The van der Waals surface area contributed by atoms with Gasteiger partial charge in [-0.2, -0.15) is 0 Å². The summed E-state index contributed by atoms with van der Waals surface area (Å²) in [7, 11) is -2.11. The number of anilines is 1. The second kappa shape index (κ2) is 8.79. The maximum absolute atomic E-state index is 12.7. The average molecular weight is 424 g/mol. The van der Waals surface area contributed by atoms with Crippen molar-refractivity contribution in [2.24, 2.45) is 5.73 Å². The minimum atomic E-state index is -3.54. The number of hydrogen-bond donors (Lipinski definition) is 2. The summed E-state index contributed by atoms with van der Waals surface area (Å²) in [5.41, 5.74) is 6.53. The third-order valence-electron chi connectivity index (χ3n) is 4.38. The zero-order valence-corrected chi connectivity index (χ0v) is 17.0. The number of carbonyl (C=O) groups is 2. The molecule has 7 nitrogen and oxygen atoms in total. The third kappa shape index (κ3) is 4.84. The highest BCUT2D eigenvalue weighted by molar-refractivity contribution is 7.90. The minimum Gasteiger partial charge on any atom is -0.495 e. The van der Waals surface area contributed by atoms with Crippen LogP contribution in [0.15, 0.2) is 77.7 Å². The topological polar surface area (TPSA) is 116 Å². The van der Waals surface area contributed by atoms with Gasteiger partial charge in [-0.3, -0.25) is 9.59 Å². The minimum absolute atomic E-state index is 0.216. The van der Waals surface area contributed by atoms with Gasteiger partial charge in [-0.05, 0) is 48.0 Å². The van der Waals surface area contributed by atoms with Gasteiger partial charge in [0.15, 0.2) is 9.84 Å². The van der Waals surface area contributed by atoms with Crippen LogP contribution in [0.1, 0.15) is 26.3 Å². The van der Waals surface area contributed by atoms with E-state index >= 15 is 0 Å². The van der Waals surface area contributed by atoms with Gasteiger partial charge in [-0.15, -0.1) is 0 Å². The molecule has 0 aliphatic carbocycles. The van der Waals surface area contributed by atoms with E-state index in [0.717, 1.165) is 0 Å². The Kier molecular flexibility index (Phi) is 6.17. The quantitative estimate of drug-likeness (QED) is 0.605. The number of sulfone groups is 1. The molecule has 0 atom stereocenters. The Morgan fingerprint density at radius 2 is 1.67 bits per heavy atom. The summed E-state index contributed by atoms with van der Waals surface area (Å²) >= 11 is 0. The Balaban J connectivity index is 1.84. The standard InChI is InChI=1S/C22H20N2O5S/c1-29-20-11-10-16(21(23)25)13-19(20)24-22(26)17-7-5-6-15(12-17)14-30(27,28)18-8-3-2-4-9-18/h2-13H,14H2,1H3,(H2,23,25)(H,24,26). The zero-order valence-electron chi connectivity index (χ0n) is 16.2. The molecule has 0 heterocycles. The fourth-order valence-corrected chi connectivity index (χ4v) is 4.24. The molecule has 3 aromatic rings. The van der Waals surface area contributed by atoms with Crippen molar-refractivity contribution in [2.45, 2.75) is 10.6 Å². The van der Waals surface area contributed by atoms with E-state index in [4.69, 9.17) is 10.5 Å². The predicted molar refractivity (Wildman–Crippen MR) is 113 cm³/mol. The number of ether oxygens (including phenoxy) is 1. The van der Waals surface area contributed by atoms with Crippen molar-refractivity contribution in [1.29, 1.82) is 0 Å². The Morgan fingerprint density at radius 1 is 0.933 bits per heavy atom. The lowest BCUT2D eigenvalue weighted by atomic mass is 10.1. The van der Waals surface area contributed by atoms with Gasteiger partial charge in [-0.1, -0.05) is 30.3 Å². The van der Waals surface area contributed by atoms with Gasteiger partial charge in [0.25, 0.3) is 5.91 Å². The Bertz CT molecular complexity index is 1190. The highest BCUT2D eigenvalue weighted by Crippen LogP contribution is 2.26. The molecule has 0 bridgehead atoms. The average Bonchev–Trinajstić information content (AvgIpc) is 2.74. The van der Waals surface area contributed by atoms with Crippen molar-refractivity contribution < 1.29 is 22.7 Å². The summed E-state index contributed by atoms with van der Waals surface area (Å²) in [5.74, 6) is -0.996. The molecule has 0 radical (unpaired) electrons. The molecule has 0 aliphatic heterocycles. The normalized spacial score (nSPS) is 11.0. The molecule has 0 saturated carbocycles. The van der Waals surface area contributed by atoms with Crippen LogP contribution in [0.25, 0.3) is 0 Å². The summed E-state index contributed by atoms with van der Waals surface area (Å²) in [6.45, 7) is 0. The lowest BCUT2D eigenvalue weighted by Crippen LogP contribution is -2.15. The molecule has 30 heavy (non-hydrogen) atoms. The largest absolute Gasteiger partial charge is 0.495 e. The van der Waals surface area contributed by atoms with E-state index < -0.39 is 21.7 Å². The van der Waals surface area contributed by atoms with E-state index in [2.05, 4.69) is 5.32 Å².